The second-order valence-electron chi connectivity index (χ2n) is 9.29. The lowest BCUT2D eigenvalue weighted by atomic mass is 9.82. The molecule has 0 atom stereocenters. The predicted octanol–water partition coefficient (Wildman–Crippen LogP) is 2.05. The molecule has 2 aliphatic heterocycles. The molecule has 174 valence electrons. The number of rotatable bonds is 5. The first kappa shape index (κ1) is 23.0. The summed E-state index contributed by atoms with van der Waals surface area (Å²) in [4.78, 5) is 44.5. The molecule has 0 aromatic heterocycles. The maximum atomic E-state index is 13.2. The van der Waals surface area contributed by atoms with Crippen LogP contribution in [-0.2, 0) is 9.59 Å². The number of quaternary nitrogens is 1. The van der Waals surface area contributed by atoms with Gasteiger partial charge in [-0.2, -0.15) is 0 Å². The number of barbiturate groups is 1. The number of nitrogens with one attached hydrogen (secondary N) is 1. The van der Waals surface area contributed by atoms with Crippen LogP contribution < -0.4 is 4.90 Å². The third kappa shape index (κ3) is 4.25. The Morgan fingerprint density at radius 2 is 1.55 bits per heavy atom. The molecule has 7 nitrogen and oxygen atoms in total. The Hall–Kier alpha value is -3.19. The largest absolute Gasteiger partial charge is 0.344 e. The van der Waals surface area contributed by atoms with E-state index in [9.17, 15) is 14.4 Å². The fraction of sp³-hybridized carbons (Fsp3) is 0.423. The third-order valence-corrected chi connectivity index (χ3v) is 6.67. The van der Waals surface area contributed by atoms with Gasteiger partial charge in [0.2, 0.25) is 0 Å². The molecule has 1 aromatic carbocycles. The lowest BCUT2D eigenvalue weighted by Gasteiger charge is -2.40. The normalized spacial score (nSPS) is 19.6. The van der Waals surface area contributed by atoms with Crippen LogP contribution in [0.15, 0.2) is 58.8 Å². The smallest absolute Gasteiger partial charge is 0.333 e. The topological polar surface area (TPSA) is 65.4 Å². The average molecular weight is 450 g/mol. The van der Waals surface area contributed by atoms with Crippen LogP contribution in [0, 0.1) is 0 Å². The van der Waals surface area contributed by atoms with Gasteiger partial charge in [-0.25, -0.2) is 4.79 Å². The summed E-state index contributed by atoms with van der Waals surface area (Å²) in [5.74, 6) is -1.05. The van der Waals surface area contributed by atoms with Gasteiger partial charge < -0.3 is 9.80 Å². The number of benzene rings is 1. The van der Waals surface area contributed by atoms with E-state index < -0.39 is 17.8 Å². The van der Waals surface area contributed by atoms with E-state index in [0.29, 0.717) is 5.57 Å². The van der Waals surface area contributed by atoms with Crippen LogP contribution in [0.4, 0.5) is 4.79 Å². The molecule has 4 amide bonds. The fourth-order valence-electron chi connectivity index (χ4n) is 4.90. The Labute approximate surface area is 195 Å². The molecule has 0 radical (unpaired) electrons. The molecule has 0 bridgehead atoms. The van der Waals surface area contributed by atoms with Crippen LogP contribution in [0.1, 0.15) is 37.7 Å². The van der Waals surface area contributed by atoms with Crippen LogP contribution in [0.2, 0.25) is 0 Å². The summed E-state index contributed by atoms with van der Waals surface area (Å²) in [6, 6.07) is 9.54. The van der Waals surface area contributed by atoms with Gasteiger partial charge in [0, 0.05) is 38.5 Å². The molecule has 1 N–H and O–H groups in total. The molecule has 1 fully saturated rings. The zero-order valence-electron chi connectivity index (χ0n) is 20.0. The van der Waals surface area contributed by atoms with Crippen LogP contribution in [0.3, 0.4) is 0 Å². The monoisotopic (exact) mass is 449 g/mol. The number of nitrogens with zero attached hydrogens (tertiary/aromatic N) is 3. The number of hydrogen-bond donors (Lipinski definition) is 1. The van der Waals surface area contributed by atoms with Crippen molar-refractivity contribution in [3.05, 3.63) is 64.4 Å². The standard InChI is InChI=1S/C26H32N4O3/c1-27(2)15-10-16-30-21-14-9-8-13-19(21)20(17-22(30)18-11-6-5-7-12-18)23-24(31)28(3)26(33)29(4)25(23)32/h5-7,11-12,17H,8-10,13-16H2,1-4H3/p+1. The maximum absolute atomic E-state index is 13.2. The van der Waals surface area contributed by atoms with Gasteiger partial charge in [-0.3, -0.25) is 19.4 Å². The molecular formula is C26H33N4O3+. The van der Waals surface area contributed by atoms with Crippen molar-refractivity contribution in [2.75, 3.05) is 41.3 Å². The first-order chi connectivity index (χ1) is 15.8. The van der Waals surface area contributed by atoms with E-state index in [1.54, 1.807) is 0 Å². The zero-order chi connectivity index (χ0) is 23.7. The summed E-state index contributed by atoms with van der Waals surface area (Å²) < 4.78 is 0. The molecule has 1 saturated heterocycles. The summed E-state index contributed by atoms with van der Waals surface area (Å²) >= 11 is 0. The minimum Gasteiger partial charge on any atom is -0.344 e. The molecular weight excluding hydrogens is 416 g/mol. The Kier molecular flexibility index (Phi) is 6.51. The maximum Gasteiger partial charge on any atom is 0.333 e. The molecule has 0 saturated carbocycles. The lowest BCUT2D eigenvalue weighted by molar-refractivity contribution is -0.858. The van der Waals surface area contributed by atoms with Crippen molar-refractivity contribution in [3.8, 4) is 0 Å². The first-order valence-electron chi connectivity index (χ1n) is 11.7. The second-order valence-corrected chi connectivity index (χ2v) is 9.29. The number of urea groups is 1. The summed E-state index contributed by atoms with van der Waals surface area (Å²) in [7, 11) is 7.19. The number of carbonyl (C=O) groups is 3. The number of carbonyl (C=O) groups excluding carboxylic acids is 3. The van der Waals surface area contributed by atoms with Gasteiger partial charge in [0.05, 0.1) is 20.6 Å². The summed E-state index contributed by atoms with van der Waals surface area (Å²) in [6.45, 7) is 1.94. The van der Waals surface area contributed by atoms with Crippen molar-refractivity contribution in [2.24, 2.45) is 0 Å². The van der Waals surface area contributed by atoms with Gasteiger partial charge >= 0.3 is 6.03 Å². The SMILES string of the molecule is CN1C(=O)C(=C2C=C(c3ccccc3)N(CCC[NH+](C)C)C3=C2CCCC3)C(=O)N(C)C1=O. The number of likely N-dealkylation sites (N-methyl/N-ethyl adjacent to an activating group) is 2. The minimum absolute atomic E-state index is 0.0971. The Morgan fingerprint density at radius 3 is 2.18 bits per heavy atom. The highest BCUT2D eigenvalue weighted by molar-refractivity contribution is 6.29. The number of imide groups is 2. The predicted molar refractivity (Wildman–Crippen MR) is 127 cm³/mol. The van der Waals surface area contributed by atoms with E-state index in [1.165, 1.54) is 24.7 Å². The fourth-order valence-corrected chi connectivity index (χ4v) is 4.90. The highest BCUT2D eigenvalue weighted by Crippen LogP contribution is 2.43. The number of amides is 4. The number of allylic oxidation sites excluding steroid dienone is 4. The van der Waals surface area contributed by atoms with Gasteiger partial charge in [-0.15, -0.1) is 0 Å². The highest BCUT2D eigenvalue weighted by Gasteiger charge is 2.41. The van der Waals surface area contributed by atoms with Crippen LogP contribution in [0.5, 0.6) is 0 Å². The van der Waals surface area contributed by atoms with E-state index in [2.05, 4.69) is 31.1 Å². The van der Waals surface area contributed by atoms with E-state index in [0.717, 1.165) is 71.8 Å². The van der Waals surface area contributed by atoms with E-state index in [1.807, 2.05) is 24.3 Å². The third-order valence-electron chi connectivity index (χ3n) is 6.67. The van der Waals surface area contributed by atoms with Gasteiger partial charge in [0.15, 0.2) is 0 Å². The van der Waals surface area contributed by atoms with Gasteiger partial charge in [0.25, 0.3) is 11.8 Å². The van der Waals surface area contributed by atoms with Gasteiger partial charge in [0.1, 0.15) is 5.57 Å². The molecule has 1 aromatic rings. The van der Waals surface area contributed by atoms with Gasteiger partial charge in [-0.05, 0) is 48.5 Å². The van der Waals surface area contributed by atoms with Gasteiger partial charge in [-0.1, -0.05) is 30.3 Å². The Bertz CT molecular complexity index is 1040. The van der Waals surface area contributed by atoms with Crippen LogP contribution in [-0.4, -0.2) is 73.8 Å². The highest BCUT2D eigenvalue weighted by atomic mass is 16.2. The van der Waals surface area contributed by atoms with Crippen molar-refractivity contribution in [3.63, 3.8) is 0 Å². The Morgan fingerprint density at radius 1 is 0.909 bits per heavy atom. The summed E-state index contributed by atoms with van der Waals surface area (Å²) in [5.41, 5.74) is 5.13. The van der Waals surface area contributed by atoms with E-state index in [-0.39, 0.29) is 5.57 Å². The Balaban J connectivity index is 1.89. The first-order valence-corrected chi connectivity index (χ1v) is 11.7. The molecule has 2 heterocycles. The minimum atomic E-state index is -0.594. The molecule has 1 aliphatic carbocycles. The molecule has 4 rings (SSSR count). The number of hydrogen-bond acceptors (Lipinski definition) is 4. The summed E-state index contributed by atoms with van der Waals surface area (Å²) in [5, 5.41) is 0. The molecule has 0 unspecified atom stereocenters. The van der Waals surface area contributed by atoms with Crippen molar-refractivity contribution in [1.82, 2.24) is 14.7 Å². The van der Waals surface area contributed by atoms with Crippen molar-refractivity contribution in [1.29, 1.82) is 0 Å². The molecule has 33 heavy (non-hydrogen) atoms. The second kappa shape index (κ2) is 9.35. The lowest BCUT2D eigenvalue weighted by Crippen LogP contribution is -3.05. The zero-order valence-corrected chi connectivity index (χ0v) is 20.0. The summed E-state index contributed by atoms with van der Waals surface area (Å²) in [6.07, 6.45) is 6.88. The van der Waals surface area contributed by atoms with E-state index >= 15 is 0 Å². The van der Waals surface area contributed by atoms with E-state index in [4.69, 9.17) is 0 Å². The van der Waals surface area contributed by atoms with Crippen LogP contribution >= 0.6 is 0 Å². The molecule has 0 spiro atoms. The van der Waals surface area contributed by atoms with Crippen molar-refractivity contribution >= 4 is 23.5 Å². The quantitative estimate of drug-likeness (QED) is 0.552. The van der Waals surface area contributed by atoms with Crippen molar-refractivity contribution in [2.45, 2.75) is 32.1 Å². The van der Waals surface area contributed by atoms with Crippen molar-refractivity contribution < 1.29 is 19.3 Å². The average Bonchev–Trinajstić information content (AvgIpc) is 2.82. The molecule has 3 aliphatic rings. The van der Waals surface area contributed by atoms with Crippen LogP contribution in [0.25, 0.3) is 5.70 Å². The molecule has 7 heteroatoms.